The van der Waals surface area contributed by atoms with Gasteiger partial charge < -0.3 is 4.74 Å². The van der Waals surface area contributed by atoms with Crippen LogP contribution in [0, 0.1) is 0 Å². The second kappa shape index (κ2) is 8.50. The Kier molecular flexibility index (Phi) is 6.10. The van der Waals surface area contributed by atoms with Crippen molar-refractivity contribution in [2.45, 2.75) is 24.5 Å². The van der Waals surface area contributed by atoms with Crippen molar-refractivity contribution in [2.24, 2.45) is 0 Å². The van der Waals surface area contributed by atoms with Crippen LogP contribution in [-0.4, -0.2) is 34.0 Å². The minimum atomic E-state index is -0.113. The van der Waals surface area contributed by atoms with E-state index in [-0.39, 0.29) is 11.2 Å². The number of thiocarbonyl (C=S) groups is 1. The molecule has 0 N–H and O–H groups in total. The highest BCUT2D eigenvalue weighted by Gasteiger charge is 2.36. The first-order valence-electron chi connectivity index (χ1n) is 8.36. The van der Waals surface area contributed by atoms with E-state index in [1.807, 2.05) is 42.5 Å². The van der Waals surface area contributed by atoms with Gasteiger partial charge in [0.1, 0.15) is 10.1 Å². The van der Waals surface area contributed by atoms with Crippen LogP contribution < -0.4 is 4.74 Å². The molecule has 2 aromatic carbocycles. The van der Waals surface area contributed by atoms with Crippen LogP contribution >= 0.6 is 24.0 Å². The minimum absolute atomic E-state index is 0.113. The number of hydrogen-bond acceptors (Lipinski definition) is 4. The molecule has 3 nitrogen and oxygen atoms in total. The van der Waals surface area contributed by atoms with Crippen molar-refractivity contribution in [1.82, 2.24) is 4.90 Å². The fourth-order valence-corrected chi connectivity index (χ4v) is 4.48. The number of carbonyl (C=O) groups excluding carboxylic acids is 1. The summed E-state index contributed by atoms with van der Waals surface area (Å²) in [6.07, 6.45) is 2.58. The third-order valence-corrected chi connectivity index (χ3v) is 5.86. The van der Waals surface area contributed by atoms with Crippen LogP contribution in [0.4, 0.5) is 0 Å². The lowest BCUT2D eigenvalue weighted by molar-refractivity contribution is -0.126. The highest BCUT2D eigenvalue weighted by molar-refractivity contribution is 8.24. The topological polar surface area (TPSA) is 29.5 Å². The number of nitrogens with zero attached hydrogens (tertiary/aromatic N) is 1. The number of hydrogen-bond donors (Lipinski definition) is 0. The average Bonchev–Trinajstić information content (AvgIpc) is 2.90. The number of benzene rings is 2. The molecule has 0 aromatic heterocycles. The molecule has 0 aliphatic carbocycles. The van der Waals surface area contributed by atoms with Crippen LogP contribution in [0.15, 0.2) is 54.6 Å². The highest BCUT2D eigenvalue weighted by atomic mass is 32.2. The molecule has 0 bridgehead atoms. The summed E-state index contributed by atoms with van der Waals surface area (Å²) in [5, 5.41) is -0.113. The lowest BCUT2D eigenvalue weighted by Gasteiger charge is -2.15. The van der Waals surface area contributed by atoms with Crippen molar-refractivity contribution in [3.8, 4) is 5.75 Å². The van der Waals surface area contributed by atoms with Crippen LogP contribution in [0.1, 0.15) is 17.5 Å². The van der Waals surface area contributed by atoms with Gasteiger partial charge in [0.15, 0.2) is 0 Å². The zero-order valence-corrected chi connectivity index (χ0v) is 15.8. The number of aryl methyl sites for hydroxylation is 1. The maximum Gasteiger partial charge on any atom is 0.241 e. The zero-order valence-electron chi connectivity index (χ0n) is 14.2. The van der Waals surface area contributed by atoms with E-state index in [1.165, 1.54) is 17.3 Å². The Morgan fingerprint density at radius 3 is 2.48 bits per heavy atom. The molecule has 1 atom stereocenters. The highest BCUT2D eigenvalue weighted by Crippen LogP contribution is 2.30. The van der Waals surface area contributed by atoms with Gasteiger partial charge >= 0.3 is 0 Å². The van der Waals surface area contributed by atoms with Crippen molar-refractivity contribution in [1.29, 1.82) is 0 Å². The van der Waals surface area contributed by atoms with Crippen molar-refractivity contribution in [2.75, 3.05) is 13.7 Å². The normalized spacial score (nSPS) is 17.2. The summed E-state index contributed by atoms with van der Waals surface area (Å²) in [6.45, 7) is 0.693. The molecule has 130 valence electrons. The molecule has 0 radical (unpaired) electrons. The Morgan fingerprint density at radius 1 is 1.08 bits per heavy atom. The van der Waals surface area contributed by atoms with Gasteiger partial charge in [-0.25, -0.2) is 0 Å². The van der Waals surface area contributed by atoms with Gasteiger partial charge in [0.25, 0.3) is 0 Å². The van der Waals surface area contributed by atoms with Gasteiger partial charge in [-0.05, 0) is 42.5 Å². The van der Waals surface area contributed by atoms with E-state index in [0.717, 1.165) is 24.2 Å². The standard InChI is InChI=1S/C20H21NO2S2/c1-23-17-11-9-16(10-12-17)14-18-19(22)21(20(24)25-18)13-5-8-15-6-3-2-4-7-15/h2-4,6-7,9-12,18H,5,8,13-14H2,1H3/t18-/m0/s1. The summed E-state index contributed by atoms with van der Waals surface area (Å²) < 4.78 is 5.88. The summed E-state index contributed by atoms with van der Waals surface area (Å²) in [7, 11) is 1.65. The van der Waals surface area contributed by atoms with Crippen LogP contribution in [0.3, 0.4) is 0 Å². The first-order valence-corrected chi connectivity index (χ1v) is 9.65. The molecule has 3 rings (SSSR count). The predicted octanol–water partition coefficient (Wildman–Crippen LogP) is 4.10. The molecule has 1 aliphatic rings. The molecule has 1 saturated heterocycles. The minimum Gasteiger partial charge on any atom is -0.497 e. The second-order valence-corrected chi connectivity index (χ2v) is 7.84. The van der Waals surface area contributed by atoms with E-state index in [2.05, 4.69) is 12.1 Å². The van der Waals surface area contributed by atoms with Crippen LogP contribution in [0.25, 0.3) is 0 Å². The van der Waals surface area contributed by atoms with Crippen molar-refractivity contribution >= 4 is 34.2 Å². The van der Waals surface area contributed by atoms with Gasteiger partial charge in [0, 0.05) is 6.54 Å². The summed E-state index contributed by atoms with van der Waals surface area (Å²) in [6, 6.07) is 18.2. The Morgan fingerprint density at radius 2 is 1.80 bits per heavy atom. The molecular weight excluding hydrogens is 350 g/mol. The quantitative estimate of drug-likeness (QED) is 0.686. The van der Waals surface area contributed by atoms with Gasteiger partial charge in [0.2, 0.25) is 5.91 Å². The Hall–Kier alpha value is -1.85. The van der Waals surface area contributed by atoms with E-state index in [4.69, 9.17) is 17.0 Å². The van der Waals surface area contributed by atoms with Gasteiger partial charge in [-0.3, -0.25) is 9.69 Å². The summed E-state index contributed by atoms with van der Waals surface area (Å²) in [5.41, 5.74) is 2.42. The van der Waals surface area contributed by atoms with E-state index >= 15 is 0 Å². The molecule has 2 aromatic rings. The Bertz CT molecular complexity index is 731. The molecule has 1 amide bonds. The zero-order chi connectivity index (χ0) is 17.6. The smallest absolute Gasteiger partial charge is 0.241 e. The van der Waals surface area contributed by atoms with Crippen molar-refractivity contribution in [3.05, 3.63) is 65.7 Å². The number of methoxy groups -OCH3 is 1. The molecule has 0 unspecified atom stereocenters. The SMILES string of the molecule is COc1ccc(C[C@@H]2SC(=S)N(CCCc3ccccc3)C2=O)cc1. The van der Waals surface area contributed by atoms with Crippen LogP contribution in [0.2, 0.25) is 0 Å². The molecule has 0 saturated carbocycles. The van der Waals surface area contributed by atoms with Gasteiger partial charge in [-0.1, -0.05) is 66.4 Å². The van der Waals surface area contributed by atoms with Crippen LogP contribution in [0.5, 0.6) is 5.75 Å². The summed E-state index contributed by atoms with van der Waals surface area (Å²) in [4.78, 5) is 14.5. The van der Waals surface area contributed by atoms with Gasteiger partial charge in [-0.2, -0.15) is 0 Å². The van der Waals surface area contributed by atoms with E-state index < -0.39 is 0 Å². The molecule has 25 heavy (non-hydrogen) atoms. The number of thioether (sulfide) groups is 1. The number of ether oxygens (including phenoxy) is 1. The fraction of sp³-hybridized carbons (Fsp3) is 0.300. The molecule has 0 spiro atoms. The fourth-order valence-electron chi connectivity index (χ4n) is 2.89. The molecule has 5 heteroatoms. The third kappa shape index (κ3) is 4.61. The van der Waals surface area contributed by atoms with Crippen LogP contribution in [-0.2, 0) is 17.6 Å². The maximum atomic E-state index is 12.7. The molecular formula is C20H21NO2S2. The second-order valence-electron chi connectivity index (χ2n) is 6.00. The first-order chi connectivity index (χ1) is 12.2. The van der Waals surface area contributed by atoms with E-state index in [0.29, 0.717) is 17.3 Å². The Labute approximate surface area is 158 Å². The number of amides is 1. The largest absolute Gasteiger partial charge is 0.497 e. The average molecular weight is 372 g/mol. The van der Waals surface area contributed by atoms with Crippen molar-refractivity contribution in [3.63, 3.8) is 0 Å². The number of carbonyl (C=O) groups is 1. The lowest BCUT2D eigenvalue weighted by Crippen LogP contribution is -2.33. The summed E-state index contributed by atoms with van der Waals surface area (Å²) >= 11 is 6.94. The predicted molar refractivity (Wildman–Crippen MR) is 107 cm³/mol. The molecule has 1 fully saturated rings. The van der Waals surface area contributed by atoms with Crippen molar-refractivity contribution < 1.29 is 9.53 Å². The van der Waals surface area contributed by atoms with E-state index in [9.17, 15) is 4.79 Å². The van der Waals surface area contributed by atoms with Gasteiger partial charge in [-0.15, -0.1) is 0 Å². The first kappa shape index (κ1) is 18.0. The lowest BCUT2D eigenvalue weighted by atomic mass is 10.1. The molecule has 1 aliphatic heterocycles. The summed E-state index contributed by atoms with van der Waals surface area (Å²) in [5.74, 6) is 0.964. The molecule has 1 heterocycles. The van der Waals surface area contributed by atoms with E-state index in [1.54, 1.807) is 12.0 Å². The Balaban J connectivity index is 1.54. The van der Waals surface area contributed by atoms with Gasteiger partial charge in [0.05, 0.1) is 12.4 Å². The number of rotatable bonds is 7. The monoisotopic (exact) mass is 371 g/mol. The third-order valence-electron chi connectivity index (χ3n) is 4.28. The maximum absolute atomic E-state index is 12.7.